The van der Waals surface area contributed by atoms with Crippen molar-refractivity contribution < 1.29 is 9.18 Å². The standard InChI is InChI=1S/C26H23FN4O3/c1-17-12-18(2)14-22(13-17)31-26(34)30(16-20-6-4-3-5-7-20)25(33)23(29-31)24(32)28-15-19-8-10-21(27)11-9-19/h3-14H,15-16H2,1-2H3,(H,28,32). The average molecular weight is 458 g/mol. The molecule has 0 saturated heterocycles. The lowest BCUT2D eigenvalue weighted by Gasteiger charge is -2.13. The summed E-state index contributed by atoms with van der Waals surface area (Å²) in [5.74, 6) is -1.12. The van der Waals surface area contributed by atoms with E-state index in [4.69, 9.17) is 0 Å². The number of hydrogen-bond acceptors (Lipinski definition) is 4. The van der Waals surface area contributed by atoms with E-state index in [0.717, 1.165) is 25.9 Å². The van der Waals surface area contributed by atoms with Gasteiger partial charge >= 0.3 is 5.69 Å². The van der Waals surface area contributed by atoms with Gasteiger partial charge in [0.25, 0.3) is 11.5 Å². The Morgan fingerprint density at radius 3 is 2.21 bits per heavy atom. The molecule has 0 unspecified atom stereocenters. The van der Waals surface area contributed by atoms with Gasteiger partial charge in [-0.25, -0.2) is 9.18 Å². The van der Waals surface area contributed by atoms with E-state index < -0.39 is 22.9 Å². The molecule has 172 valence electrons. The molecule has 0 atom stereocenters. The summed E-state index contributed by atoms with van der Waals surface area (Å²) in [6.45, 7) is 3.83. The summed E-state index contributed by atoms with van der Waals surface area (Å²) in [6, 6.07) is 20.1. The third-order valence-corrected chi connectivity index (χ3v) is 5.28. The van der Waals surface area contributed by atoms with Gasteiger partial charge in [-0.05, 0) is 60.4 Å². The number of nitrogens with zero attached hydrogens (tertiary/aromatic N) is 3. The molecule has 0 bridgehead atoms. The van der Waals surface area contributed by atoms with E-state index in [1.165, 1.54) is 24.3 Å². The van der Waals surface area contributed by atoms with Crippen LogP contribution in [0.2, 0.25) is 0 Å². The molecule has 4 rings (SSSR count). The van der Waals surface area contributed by atoms with Gasteiger partial charge in [0.1, 0.15) is 5.82 Å². The molecule has 34 heavy (non-hydrogen) atoms. The number of rotatable bonds is 6. The summed E-state index contributed by atoms with van der Waals surface area (Å²) < 4.78 is 15.2. The number of hydrogen-bond donors (Lipinski definition) is 1. The first-order chi connectivity index (χ1) is 16.3. The molecule has 7 nitrogen and oxygen atoms in total. The minimum atomic E-state index is -0.786. The van der Waals surface area contributed by atoms with E-state index in [-0.39, 0.29) is 18.9 Å². The number of amides is 1. The Kier molecular flexibility index (Phi) is 6.49. The first kappa shape index (κ1) is 22.8. The molecular weight excluding hydrogens is 435 g/mol. The summed E-state index contributed by atoms with van der Waals surface area (Å²) in [7, 11) is 0. The molecule has 3 aromatic carbocycles. The highest BCUT2D eigenvalue weighted by Crippen LogP contribution is 2.11. The van der Waals surface area contributed by atoms with Gasteiger partial charge < -0.3 is 5.32 Å². The zero-order valence-corrected chi connectivity index (χ0v) is 18.8. The molecule has 1 amide bonds. The second-order valence-electron chi connectivity index (χ2n) is 8.07. The maximum absolute atomic E-state index is 13.3. The topological polar surface area (TPSA) is 86.0 Å². The fourth-order valence-corrected chi connectivity index (χ4v) is 3.67. The van der Waals surface area contributed by atoms with Crippen LogP contribution in [-0.2, 0) is 13.1 Å². The minimum Gasteiger partial charge on any atom is -0.346 e. The summed E-state index contributed by atoms with van der Waals surface area (Å²) in [6.07, 6.45) is 0. The Labute approximate surface area is 195 Å². The van der Waals surface area contributed by atoms with Gasteiger partial charge in [0, 0.05) is 6.54 Å². The Morgan fingerprint density at radius 1 is 0.912 bits per heavy atom. The largest absolute Gasteiger partial charge is 0.352 e. The van der Waals surface area contributed by atoms with Gasteiger partial charge in [-0.1, -0.05) is 48.5 Å². The van der Waals surface area contributed by atoms with Gasteiger partial charge in [-0.15, -0.1) is 0 Å². The van der Waals surface area contributed by atoms with Crippen LogP contribution in [0.25, 0.3) is 5.69 Å². The van der Waals surface area contributed by atoms with Crippen LogP contribution < -0.4 is 16.6 Å². The fraction of sp³-hybridized carbons (Fsp3) is 0.154. The highest BCUT2D eigenvalue weighted by molar-refractivity contribution is 5.91. The van der Waals surface area contributed by atoms with E-state index in [2.05, 4.69) is 10.4 Å². The number of carbonyl (C=O) groups is 1. The van der Waals surface area contributed by atoms with Crippen molar-refractivity contribution in [2.24, 2.45) is 0 Å². The Hall–Kier alpha value is -4.33. The van der Waals surface area contributed by atoms with E-state index >= 15 is 0 Å². The van der Waals surface area contributed by atoms with Crippen molar-refractivity contribution in [2.45, 2.75) is 26.9 Å². The highest BCUT2D eigenvalue weighted by atomic mass is 19.1. The molecule has 0 aliphatic heterocycles. The zero-order valence-electron chi connectivity index (χ0n) is 18.8. The molecule has 0 aliphatic carbocycles. The van der Waals surface area contributed by atoms with Crippen LogP contribution in [0.3, 0.4) is 0 Å². The Balaban J connectivity index is 1.79. The second kappa shape index (κ2) is 9.66. The van der Waals surface area contributed by atoms with E-state index in [9.17, 15) is 18.8 Å². The number of aromatic nitrogens is 3. The van der Waals surface area contributed by atoms with Crippen molar-refractivity contribution >= 4 is 5.91 Å². The minimum absolute atomic E-state index is 0.00985. The van der Waals surface area contributed by atoms with Crippen LogP contribution in [0.1, 0.15) is 32.7 Å². The van der Waals surface area contributed by atoms with E-state index in [1.807, 2.05) is 26.0 Å². The van der Waals surface area contributed by atoms with Gasteiger partial charge in [0.05, 0.1) is 12.2 Å². The molecule has 1 N–H and O–H groups in total. The number of carbonyl (C=O) groups excluding carboxylic acids is 1. The van der Waals surface area contributed by atoms with Crippen molar-refractivity contribution in [3.63, 3.8) is 0 Å². The summed E-state index contributed by atoms with van der Waals surface area (Å²) >= 11 is 0. The predicted octanol–water partition coefficient (Wildman–Crippen LogP) is 3.13. The molecule has 4 aromatic rings. The fourth-order valence-electron chi connectivity index (χ4n) is 3.67. The SMILES string of the molecule is Cc1cc(C)cc(-n2nc(C(=O)NCc3ccc(F)cc3)c(=O)n(Cc3ccccc3)c2=O)c1. The van der Waals surface area contributed by atoms with Crippen molar-refractivity contribution in [1.29, 1.82) is 0 Å². The van der Waals surface area contributed by atoms with E-state index in [1.54, 1.807) is 36.4 Å². The monoisotopic (exact) mass is 458 g/mol. The number of benzene rings is 3. The highest BCUT2D eigenvalue weighted by Gasteiger charge is 2.20. The summed E-state index contributed by atoms with van der Waals surface area (Å²) in [5, 5.41) is 6.79. The Bertz CT molecular complexity index is 1440. The van der Waals surface area contributed by atoms with Gasteiger partial charge in [-0.2, -0.15) is 9.78 Å². The van der Waals surface area contributed by atoms with Crippen molar-refractivity contribution in [2.75, 3.05) is 0 Å². The lowest BCUT2D eigenvalue weighted by atomic mass is 10.1. The Morgan fingerprint density at radius 2 is 1.56 bits per heavy atom. The lowest BCUT2D eigenvalue weighted by Crippen LogP contribution is -2.46. The number of nitrogens with one attached hydrogen (secondary N) is 1. The van der Waals surface area contributed by atoms with Crippen LogP contribution in [0.4, 0.5) is 4.39 Å². The smallest absolute Gasteiger partial charge is 0.346 e. The van der Waals surface area contributed by atoms with Crippen molar-refractivity contribution in [3.8, 4) is 5.69 Å². The molecule has 1 heterocycles. The van der Waals surface area contributed by atoms with Crippen LogP contribution in [0.15, 0.2) is 82.4 Å². The average Bonchev–Trinajstić information content (AvgIpc) is 2.81. The van der Waals surface area contributed by atoms with Crippen LogP contribution in [-0.4, -0.2) is 20.3 Å². The third kappa shape index (κ3) is 5.01. The van der Waals surface area contributed by atoms with Crippen molar-refractivity contribution in [3.05, 3.63) is 127 Å². The third-order valence-electron chi connectivity index (χ3n) is 5.28. The number of aryl methyl sites for hydroxylation is 2. The molecule has 0 radical (unpaired) electrons. The first-order valence-electron chi connectivity index (χ1n) is 10.7. The van der Waals surface area contributed by atoms with Gasteiger partial charge in [-0.3, -0.25) is 14.2 Å². The maximum atomic E-state index is 13.3. The van der Waals surface area contributed by atoms with Crippen LogP contribution in [0, 0.1) is 19.7 Å². The molecule has 0 fully saturated rings. The second-order valence-corrected chi connectivity index (χ2v) is 8.07. The number of halogens is 1. The zero-order chi connectivity index (χ0) is 24.2. The maximum Gasteiger partial charge on any atom is 0.352 e. The van der Waals surface area contributed by atoms with Gasteiger partial charge in [0.15, 0.2) is 0 Å². The molecule has 0 aliphatic rings. The van der Waals surface area contributed by atoms with E-state index in [0.29, 0.717) is 11.3 Å². The van der Waals surface area contributed by atoms with Gasteiger partial charge in [0.2, 0.25) is 5.69 Å². The molecule has 0 spiro atoms. The quantitative estimate of drug-likeness (QED) is 0.481. The normalized spacial score (nSPS) is 10.8. The summed E-state index contributed by atoms with van der Waals surface area (Å²) in [4.78, 5) is 39.4. The van der Waals surface area contributed by atoms with Crippen LogP contribution >= 0.6 is 0 Å². The summed E-state index contributed by atoms with van der Waals surface area (Å²) in [5.41, 5.74) is 1.83. The van der Waals surface area contributed by atoms with Crippen LogP contribution in [0.5, 0.6) is 0 Å². The molecule has 8 heteroatoms. The molecule has 0 saturated carbocycles. The lowest BCUT2D eigenvalue weighted by molar-refractivity contribution is 0.0941. The first-order valence-corrected chi connectivity index (χ1v) is 10.7. The predicted molar refractivity (Wildman–Crippen MR) is 127 cm³/mol. The molecule has 1 aromatic heterocycles. The molecular formula is C26H23FN4O3. The van der Waals surface area contributed by atoms with Crippen molar-refractivity contribution in [1.82, 2.24) is 19.7 Å².